The number of hydrogen-bond donors (Lipinski definition) is 0. The maximum atomic E-state index is 2.52. The van der Waals surface area contributed by atoms with Crippen LogP contribution in [0.1, 0.15) is 27.2 Å². The molecule has 1 heteroatoms. The summed E-state index contributed by atoms with van der Waals surface area (Å²) in [6, 6.07) is 0. The van der Waals surface area contributed by atoms with Crippen LogP contribution in [0.3, 0.4) is 0 Å². The maximum absolute atomic E-state index is 2.52. The molecule has 0 aromatic carbocycles. The zero-order chi connectivity index (χ0) is 7.33. The van der Waals surface area contributed by atoms with Crippen LogP contribution in [0.4, 0.5) is 0 Å². The minimum absolute atomic E-state index is 0.697. The van der Waals surface area contributed by atoms with Crippen molar-refractivity contribution in [3.8, 4) is 0 Å². The van der Waals surface area contributed by atoms with Crippen molar-refractivity contribution < 1.29 is 0 Å². The molecule has 0 N–H and O–H groups in total. The molecule has 0 aromatic heterocycles. The van der Waals surface area contributed by atoms with Crippen LogP contribution in [0.5, 0.6) is 0 Å². The molecule has 0 fully saturated rings. The fourth-order valence-electron chi connectivity index (χ4n) is 1.21. The van der Waals surface area contributed by atoms with Crippen molar-refractivity contribution in [1.82, 2.24) is 0 Å². The molecule has 0 rings (SSSR count). The van der Waals surface area contributed by atoms with Crippen molar-refractivity contribution in [2.75, 3.05) is 25.2 Å². The van der Waals surface area contributed by atoms with Crippen LogP contribution in [-0.2, 0) is 0 Å². The molecule has 0 atom stereocenters. The minimum atomic E-state index is -0.697. The second-order valence-electron chi connectivity index (χ2n) is 3.27. The van der Waals surface area contributed by atoms with Gasteiger partial charge < -0.3 is 0 Å². The molecule has 0 saturated heterocycles. The summed E-state index contributed by atoms with van der Waals surface area (Å²) in [4.78, 5) is 0. The zero-order valence-corrected chi connectivity index (χ0v) is 8.33. The van der Waals surface area contributed by atoms with Crippen LogP contribution >= 0.6 is 7.26 Å². The van der Waals surface area contributed by atoms with Gasteiger partial charge in [0.1, 0.15) is 0 Å². The van der Waals surface area contributed by atoms with Crippen molar-refractivity contribution in [2.24, 2.45) is 0 Å². The molecule has 0 aliphatic rings. The van der Waals surface area contributed by atoms with E-state index in [0.717, 1.165) is 0 Å². The van der Waals surface area contributed by atoms with E-state index < -0.39 is 7.26 Å². The van der Waals surface area contributed by atoms with Gasteiger partial charge in [0.2, 0.25) is 0 Å². The Morgan fingerprint density at radius 1 is 1.00 bits per heavy atom. The van der Waals surface area contributed by atoms with E-state index in [1.165, 1.54) is 24.9 Å². The van der Waals surface area contributed by atoms with Gasteiger partial charge >= 0.3 is 59.6 Å². The molecule has 0 radical (unpaired) electrons. The third-order valence-corrected chi connectivity index (χ3v) is 7.68. The average Bonchev–Trinajstić information content (AvgIpc) is 1.89. The zero-order valence-electron chi connectivity index (χ0n) is 7.33. The Kier molecular flexibility index (Phi) is 4.48. The molecule has 0 unspecified atom stereocenters. The van der Waals surface area contributed by atoms with E-state index in [-0.39, 0.29) is 0 Å². The molecule has 0 aliphatic heterocycles. The van der Waals surface area contributed by atoms with Gasteiger partial charge in [-0.3, -0.25) is 0 Å². The predicted octanol–water partition coefficient (Wildman–Crippen LogP) is 2.82. The molecule has 0 bridgehead atoms. The van der Waals surface area contributed by atoms with Gasteiger partial charge in [-0.15, -0.1) is 0 Å². The molecule has 0 heterocycles. The third-order valence-electron chi connectivity index (χ3n) is 2.56. The van der Waals surface area contributed by atoms with E-state index >= 15 is 0 Å². The normalized spacial score (nSPS) is 13.8. The van der Waals surface area contributed by atoms with Gasteiger partial charge in [0.15, 0.2) is 0 Å². The van der Waals surface area contributed by atoms with Gasteiger partial charge in [-0.05, 0) is 0 Å². The first-order valence-electron chi connectivity index (χ1n) is 4.18. The summed E-state index contributed by atoms with van der Waals surface area (Å²) in [5, 5.41) is 0. The topological polar surface area (TPSA) is 0 Å². The van der Waals surface area contributed by atoms with Gasteiger partial charge in [0.25, 0.3) is 0 Å². The molecule has 58 valence electrons. The van der Waals surface area contributed by atoms with E-state index in [0.29, 0.717) is 0 Å². The summed E-state index contributed by atoms with van der Waals surface area (Å²) in [5.41, 5.74) is 0. The summed E-state index contributed by atoms with van der Waals surface area (Å²) in [6.45, 7) is 9.53. The number of hydrogen-bond acceptors (Lipinski definition) is 0. The first-order valence-corrected chi connectivity index (χ1v) is 7.30. The average molecular weight is 148 g/mol. The van der Waals surface area contributed by atoms with Crippen LogP contribution in [-0.4, -0.2) is 25.2 Å². The molecule has 0 nitrogen and oxygen atoms in total. The van der Waals surface area contributed by atoms with Crippen molar-refractivity contribution >= 4 is 7.26 Å². The van der Waals surface area contributed by atoms with Crippen molar-refractivity contribution in [3.63, 3.8) is 0 Å². The Balaban J connectivity index is 3.62. The van der Waals surface area contributed by atoms with Crippen LogP contribution in [0.25, 0.3) is 0 Å². The van der Waals surface area contributed by atoms with E-state index in [1.807, 2.05) is 0 Å². The molecular formula is C8H21P. The standard InChI is InChI=1S/C8H21P/c1-5-8-9(4,6-2)7-3/h9H,5-8H2,1-4H3. The summed E-state index contributed by atoms with van der Waals surface area (Å²) < 4.78 is 0. The van der Waals surface area contributed by atoms with Crippen molar-refractivity contribution in [2.45, 2.75) is 27.2 Å². The second-order valence-corrected chi connectivity index (χ2v) is 8.80. The van der Waals surface area contributed by atoms with Gasteiger partial charge in [-0.25, -0.2) is 0 Å². The van der Waals surface area contributed by atoms with Crippen molar-refractivity contribution in [1.29, 1.82) is 0 Å². The van der Waals surface area contributed by atoms with Crippen molar-refractivity contribution in [3.05, 3.63) is 0 Å². The first-order chi connectivity index (χ1) is 4.18. The molecular weight excluding hydrogens is 127 g/mol. The number of rotatable bonds is 4. The van der Waals surface area contributed by atoms with Gasteiger partial charge in [-0.1, -0.05) is 0 Å². The summed E-state index contributed by atoms with van der Waals surface area (Å²) in [6.07, 6.45) is 5.86. The quantitative estimate of drug-likeness (QED) is 0.538. The van der Waals surface area contributed by atoms with E-state index in [1.54, 1.807) is 0 Å². The van der Waals surface area contributed by atoms with Crippen LogP contribution in [0, 0.1) is 0 Å². The Bertz CT molecular complexity index is 65.0. The monoisotopic (exact) mass is 148 g/mol. The fraction of sp³-hybridized carbons (Fsp3) is 1.00. The van der Waals surface area contributed by atoms with Crippen LogP contribution in [0.2, 0.25) is 0 Å². The first kappa shape index (κ1) is 9.43. The predicted molar refractivity (Wildman–Crippen MR) is 50.5 cm³/mol. The van der Waals surface area contributed by atoms with Crippen LogP contribution in [0.15, 0.2) is 0 Å². The van der Waals surface area contributed by atoms with E-state index in [9.17, 15) is 0 Å². The molecule has 0 saturated carbocycles. The van der Waals surface area contributed by atoms with Gasteiger partial charge in [0, 0.05) is 0 Å². The Morgan fingerprint density at radius 2 is 1.44 bits per heavy atom. The summed E-state index contributed by atoms with van der Waals surface area (Å²) in [5.74, 6) is 0. The summed E-state index contributed by atoms with van der Waals surface area (Å²) in [7, 11) is -0.697. The summed E-state index contributed by atoms with van der Waals surface area (Å²) >= 11 is 0. The molecule has 0 aromatic rings. The Hall–Kier alpha value is 0.430. The molecule has 9 heavy (non-hydrogen) atoms. The Morgan fingerprint density at radius 3 is 1.56 bits per heavy atom. The van der Waals surface area contributed by atoms with Gasteiger partial charge in [0.05, 0.1) is 0 Å². The molecule has 0 amide bonds. The molecule has 0 spiro atoms. The van der Waals surface area contributed by atoms with Gasteiger partial charge in [-0.2, -0.15) is 0 Å². The third kappa shape index (κ3) is 3.20. The SMILES string of the molecule is CCC[PH](C)(CC)CC. The van der Waals surface area contributed by atoms with E-state index in [2.05, 4.69) is 27.4 Å². The van der Waals surface area contributed by atoms with Crippen LogP contribution < -0.4 is 0 Å². The second kappa shape index (κ2) is 4.28. The van der Waals surface area contributed by atoms with E-state index in [4.69, 9.17) is 0 Å². The molecule has 0 aliphatic carbocycles. The fourth-order valence-corrected chi connectivity index (χ4v) is 3.62. The Labute approximate surface area is 60.4 Å².